The first-order chi connectivity index (χ1) is 15.6. The Labute approximate surface area is 189 Å². The molecule has 0 radical (unpaired) electrons. The lowest BCUT2D eigenvalue weighted by Gasteiger charge is -2.09. The Hall–Kier alpha value is -3.52. The van der Waals surface area contributed by atoms with Crippen LogP contribution in [-0.4, -0.2) is 28.7 Å². The van der Waals surface area contributed by atoms with Crippen molar-refractivity contribution in [2.75, 3.05) is 13.7 Å². The van der Waals surface area contributed by atoms with Crippen LogP contribution in [0.1, 0.15) is 18.4 Å². The summed E-state index contributed by atoms with van der Waals surface area (Å²) in [5, 5.41) is 0.531. The van der Waals surface area contributed by atoms with Gasteiger partial charge in [0.05, 0.1) is 25.1 Å². The van der Waals surface area contributed by atoms with Gasteiger partial charge in [0.1, 0.15) is 5.76 Å². The number of nitrogens with one attached hydrogen (secondary N) is 1. The summed E-state index contributed by atoms with van der Waals surface area (Å²) in [6.07, 6.45) is 0. The van der Waals surface area contributed by atoms with Crippen molar-refractivity contribution in [1.82, 2.24) is 15.0 Å². The highest BCUT2D eigenvalue weighted by Crippen LogP contribution is 2.33. The van der Waals surface area contributed by atoms with Crippen LogP contribution < -0.4 is 15.0 Å². The summed E-state index contributed by atoms with van der Waals surface area (Å²) in [4.78, 5) is 24.1. The normalized spacial score (nSPS) is 10.8. The summed E-state index contributed by atoms with van der Waals surface area (Å²) in [6.45, 7) is 4.35. The van der Waals surface area contributed by atoms with E-state index in [9.17, 15) is 4.79 Å². The summed E-state index contributed by atoms with van der Waals surface area (Å²) < 4.78 is 16.9. The van der Waals surface area contributed by atoms with Crippen molar-refractivity contribution < 1.29 is 13.9 Å². The molecule has 0 amide bonds. The standard InChI is InChI=1S/C24H23N3O4S/c1-4-30-20-11-10-17(12-21(20)29-3)23-25-19(15(2)31-23)14-32-24-26-18(13-22(28)27-24)16-8-6-5-7-9-16/h5-13H,4,14H2,1-3H3,(H,26,27,28). The number of hydrogen-bond donors (Lipinski definition) is 1. The van der Waals surface area contributed by atoms with Gasteiger partial charge in [0.25, 0.3) is 5.56 Å². The van der Waals surface area contributed by atoms with Gasteiger partial charge in [0.15, 0.2) is 16.7 Å². The molecule has 2 aromatic heterocycles. The van der Waals surface area contributed by atoms with Gasteiger partial charge in [-0.15, -0.1) is 0 Å². The lowest BCUT2D eigenvalue weighted by atomic mass is 10.1. The highest BCUT2D eigenvalue weighted by molar-refractivity contribution is 7.98. The smallest absolute Gasteiger partial charge is 0.252 e. The SMILES string of the molecule is CCOc1ccc(-c2nc(CSc3nc(-c4ccccc4)cc(=O)[nH]3)c(C)o2)cc1OC. The Morgan fingerprint density at radius 1 is 1.03 bits per heavy atom. The maximum Gasteiger partial charge on any atom is 0.252 e. The minimum absolute atomic E-state index is 0.194. The molecule has 0 aliphatic rings. The number of aromatic nitrogens is 3. The average molecular weight is 450 g/mol. The van der Waals surface area contributed by atoms with Crippen LogP contribution in [0.3, 0.4) is 0 Å². The first-order valence-corrected chi connectivity index (χ1v) is 11.1. The quantitative estimate of drug-likeness (QED) is 0.296. The molecule has 0 spiro atoms. The van der Waals surface area contributed by atoms with Gasteiger partial charge >= 0.3 is 0 Å². The number of benzene rings is 2. The molecule has 2 heterocycles. The van der Waals surface area contributed by atoms with Crippen molar-refractivity contribution in [3.05, 3.63) is 76.4 Å². The molecule has 0 saturated carbocycles. The molecule has 0 aliphatic carbocycles. The highest BCUT2D eigenvalue weighted by Gasteiger charge is 2.15. The number of hydrogen-bond acceptors (Lipinski definition) is 7. The van der Waals surface area contributed by atoms with E-state index in [0.29, 0.717) is 46.4 Å². The van der Waals surface area contributed by atoms with E-state index in [2.05, 4.69) is 15.0 Å². The number of oxazole rings is 1. The number of nitrogens with zero attached hydrogens (tertiary/aromatic N) is 2. The molecule has 4 rings (SSSR count). The number of thioether (sulfide) groups is 1. The van der Waals surface area contributed by atoms with Crippen molar-refractivity contribution in [3.8, 4) is 34.2 Å². The van der Waals surface area contributed by atoms with E-state index in [0.717, 1.165) is 16.8 Å². The zero-order valence-electron chi connectivity index (χ0n) is 18.0. The van der Waals surface area contributed by atoms with E-state index in [-0.39, 0.29) is 5.56 Å². The topological polar surface area (TPSA) is 90.2 Å². The van der Waals surface area contributed by atoms with Gasteiger partial charge in [-0.3, -0.25) is 4.79 Å². The first kappa shape index (κ1) is 21.7. The van der Waals surface area contributed by atoms with Gasteiger partial charge in [0, 0.05) is 22.9 Å². The minimum Gasteiger partial charge on any atom is -0.493 e. The van der Waals surface area contributed by atoms with Crippen molar-refractivity contribution in [1.29, 1.82) is 0 Å². The van der Waals surface area contributed by atoms with Crippen molar-refractivity contribution in [2.45, 2.75) is 24.8 Å². The molecule has 32 heavy (non-hydrogen) atoms. The molecule has 164 valence electrons. The summed E-state index contributed by atoms with van der Waals surface area (Å²) in [7, 11) is 1.60. The number of aromatic amines is 1. The predicted molar refractivity (Wildman–Crippen MR) is 124 cm³/mol. The number of rotatable bonds is 8. The Balaban J connectivity index is 1.54. The zero-order valence-corrected chi connectivity index (χ0v) is 18.9. The molecule has 4 aromatic rings. The Bertz CT molecular complexity index is 1270. The van der Waals surface area contributed by atoms with Crippen LogP contribution in [0.15, 0.2) is 69.0 Å². The van der Waals surface area contributed by atoms with Crippen molar-refractivity contribution in [2.24, 2.45) is 0 Å². The number of H-pyrrole nitrogens is 1. The molecule has 1 N–H and O–H groups in total. The second-order valence-corrected chi connectivity index (χ2v) is 7.88. The number of aryl methyl sites for hydroxylation is 1. The fraction of sp³-hybridized carbons (Fsp3) is 0.208. The second-order valence-electron chi connectivity index (χ2n) is 6.91. The molecule has 0 atom stereocenters. The van der Waals surface area contributed by atoms with Crippen LogP contribution in [-0.2, 0) is 5.75 Å². The maximum absolute atomic E-state index is 12.1. The fourth-order valence-electron chi connectivity index (χ4n) is 3.16. The lowest BCUT2D eigenvalue weighted by Crippen LogP contribution is -2.08. The summed E-state index contributed by atoms with van der Waals surface area (Å²) >= 11 is 1.40. The minimum atomic E-state index is -0.194. The zero-order chi connectivity index (χ0) is 22.5. The molecule has 0 unspecified atom stereocenters. The summed E-state index contributed by atoms with van der Waals surface area (Å²) in [5.74, 6) is 3.01. The molecule has 0 bridgehead atoms. The van der Waals surface area contributed by atoms with Crippen LogP contribution in [0.5, 0.6) is 11.5 Å². The van der Waals surface area contributed by atoms with Crippen molar-refractivity contribution in [3.63, 3.8) is 0 Å². The molecule has 8 heteroatoms. The monoisotopic (exact) mass is 449 g/mol. The fourth-order valence-corrected chi connectivity index (χ4v) is 4.03. The van der Waals surface area contributed by atoms with Crippen molar-refractivity contribution >= 4 is 11.8 Å². The Kier molecular flexibility index (Phi) is 6.61. The van der Waals surface area contributed by atoms with E-state index in [4.69, 9.17) is 13.9 Å². The Morgan fingerprint density at radius 2 is 1.84 bits per heavy atom. The van der Waals surface area contributed by atoms with Crippen LogP contribution in [0.4, 0.5) is 0 Å². The third kappa shape index (κ3) is 4.86. The molecule has 0 aliphatic heterocycles. The first-order valence-electron chi connectivity index (χ1n) is 10.1. The largest absolute Gasteiger partial charge is 0.493 e. The third-order valence-corrected chi connectivity index (χ3v) is 5.62. The van der Waals surface area contributed by atoms with E-state index in [1.165, 1.54) is 17.8 Å². The van der Waals surface area contributed by atoms with E-state index in [1.807, 2.05) is 62.4 Å². The van der Waals surface area contributed by atoms with Crippen LogP contribution in [0, 0.1) is 6.92 Å². The van der Waals surface area contributed by atoms with Crippen LogP contribution >= 0.6 is 11.8 Å². The predicted octanol–water partition coefficient (Wildman–Crippen LogP) is 5.10. The third-order valence-electron chi connectivity index (χ3n) is 4.74. The number of ether oxygens (including phenoxy) is 2. The molecule has 2 aromatic carbocycles. The van der Waals surface area contributed by atoms with Gasteiger partial charge in [-0.25, -0.2) is 9.97 Å². The summed E-state index contributed by atoms with van der Waals surface area (Å²) in [6, 6.07) is 16.7. The van der Waals surface area contributed by atoms with E-state index >= 15 is 0 Å². The highest BCUT2D eigenvalue weighted by atomic mass is 32.2. The molecule has 0 fully saturated rings. The van der Waals surface area contributed by atoms with Crippen LogP contribution in [0.25, 0.3) is 22.7 Å². The molecule has 7 nitrogen and oxygen atoms in total. The van der Waals surface area contributed by atoms with Gasteiger partial charge in [-0.1, -0.05) is 42.1 Å². The van der Waals surface area contributed by atoms with Gasteiger partial charge in [-0.2, -0.15) is 0 Å². The van der Waals surface area contributed by atoms with E-state index < -0.39 is 0 Å². The van der Waals surface area contributed by atoms with E-state index in [1.54, 1.807) is 7.11 Å². The maximum atomic E-state index is 12.1. The van der Waals surface area contributed by atoms with Gasteiger partial charge in [-0.05, 0) is 32.0 Å². The molecule has 0 saturated heterocycles. The molecular formula is C24H23N3O4S. The van der Waals surface area contributed by atoms with Gasteiger partial charge < -0.3 is 18.9 Å². The average Bonchev–Trinajstić information content (AvgIpc) is 3.19. The van der Waals surface area contributed by atoms with Gasteiger partial charge in [0.2, 0.25) is 5.89 Å². The number of methoxy groups -OCH3 is 1. The summed E-state index contributed by atoms with van der Waals surface area (Å²) in [5.41, 5.74) is 2.91. The van der Waals surface area contributed by atoms with Crippen LogP contribution in [0.2, 0.25) is 0 Å². The Morgan fingerprint density at radius 3 is 2.59 bits per heavy atom. The molecular weight excluding hydrogens is 426 g/mol. The lowest BCUT2D eigenvalue weighted by molar-refractivity contribution is 0.311. The second kappa shape index (κ2) is 9.74.